The largest absolute Gasteiger partial charge is 0.490 e. The Morgan fingerprint density at radius 1 is 1.10 bits per heavy atom. The molecule has 2 heterocycles. The van der Waals surface area contributed by atoms with E-state index in [-0.39, 0.29) is 24.2 Å². The van der Waals surface area contributed by atoms with Crippen molar-refractivity contribution in [2.75, 3.05) is 6.54 Å². The van der Waals surface area contributed by atoms with E-state index in [1.807, 2.05) is 0 Å². The molecule has 0 aromatic rings. The van der Waals surface area contributed by atoms with Gasteiger partial charge in [0, 0.05) is 17.8 Å². The van der Waals surface area contributed by atoms with Gasteiger partial charge in [-0.1, -0.05) is 13.8 Å². The molecule has 0 bridgehead atoms. The van der Waals surface area contributed by atoms with Gasteiger partial charge < -0.3 is 19.5 Å². The Balaban J connectivity index is 1.54. The van der Waals surface area contributed by atoms with E-state index < -0.39 is 5.41 Å². The minimum absolute atomic E-state index is 0.256. The van der Waals surface area contributed by atoms with Gasteiger partial charge in [-0.15, -0.1) is 0 Å². The van der Waals surface area contributed by atoms with Crippen LogP contribution in [0.2, 0.25) is 0 Å². The van der Waals surface area contributed by atoms with Gasteiger partial charge in [0.15, 0.2) is 0 Å². The number of nitrogens with zero attached hydrogens (tertiary/aromatic N) is 1. The average Bonchev–Trinajstić information content (AvgIpc) is 2.93. The lowest BCUT2D eigenvalue weighted by Crippen LogP contribution is -2.54. The highest BCUT2D eigenvalue weighted by molar-refractivity contribution is 6.54. The van der Waals surface area contributed by atoms with Crippen molar-refractivity contribution in [3.05, 3.63) is 22.8 Å². The molecule has 4 aliphatic rings. The number of amides is 1. The summed E-state index contributed by atoms with van der Waals surface area (Å²) in [5, 5.41) is 3.64. The van der Waals surface area contributed by atoms with Gasteiger partial charge in [-0.25, -0.2) is 0 Å². The van der Waals surface area contributed by atoms with E-state index in [1.165, 1.54) is 5.57 Å². The molecule has 2 aliphatic carbocycles. The van der Waals surface area contributed by atoms with Gasteiger partial charge >= 0.3 is 7.12 Å². The molecule has 5 nitrogen and oxygen atoms in total. The summed E-state index contributed by atoms with van der Waals surface area (Å²) in [6.45, 7) is 18.0. The molecule has 166 valence electrons. The molecule has 0 aromatic carbocycles. The predicted molar refractivity (Wildman–Crippen MR) is 121 cm³/mol. The van der Waals surface area contributed by atoms with Crippen molar-refractivity contribution in [2.24, 2.45) is 11.3 Å². The van der Waals surface area contributed by atoms with Crippen molar-refractivity contribution < 1.29 is 14.1 Å². The molecule has 2 fully saturated rings. The Bertz CT molecular complexity index is 774. The lowest BCUT2D eigenvalue weighted by molar-refractivity contribution is -0.137. The third kappa shape index (κ3) is 3.49. The molecule has 0 atom stereocenters. The van der Waals surface area contributed by atoms with Crippen LogP contribution in [0.15, 0.2) is 22.8 Å². The number of hydrogen-bond acceptors (Lipinski definition) is 4. The standard InChI is InChI=1S/C24H39BN2O3/c1-15(2)14-26-17-12-18(13-17)27-20-11-16(9-10-19(20)22(3,4)21(27)28)25-29-23(5,6)24(7,8)30-25/h11,15,17-18,26H,9-10,12-14H2,1-8H3. The number of allylic oxidation sites excluding steroid dienone is 2. The van der Waals surface area contributed by atoms with Gasteiger partial charge in [-0.2, -0.15) is 0 Å². The van der Waals surface area contributed by atoms with E-state index in [0.717, 1.165) is 43.4 Å². The highest BCUT2D eigenvalue weighted by Gasteiger charge is 2.55. The Labute approximate surface area is 182 Å². The summed E-state index contributed by atoms with van der Waals surface area (Å²) in [6, 6.07) is 0.816. The van der Waals surface area contributed by atoms with Crippen LogP contribution in [0.3, 0.4) is 0 Å². The molecular weight excluding hydrogens is 375 g/mol. The summed E-state index contributed by atoms with van der Waals surface area (Å²) in [5.74, 6) is 0.903. The fourth-order valence-corrected chi connectivity index (χ4v) is 5.03. The number of hydrogen-bond donors (Lipinski definition) is 1. The molecule has 2 aliphatic heterocycles. The summed E-state index contributed by atoms with van der Waals surface area (Å²) in [6.07, 6.45) is 6.07. The monoisotopic (exact) mass is 414 g/mol. The smallest absolute Gasteiger partial charge is 0.400 e. The quantitative estimate of drug-likeness (QED) is 0.684. The number of rotatable bonds is 5. The first kappa shape index (κ1) is 22.1. The molecule has 1 amide bonds. The Kier molecular flexibility index (Phi) is 5.31. The van der Waals surface area contributed by atoms with E-state index >= 15 is 0 Å². The van der Waals surface area contributed by atoms with Crippen LogP contribution in [-0.4, -0.2) is 47.8 Å². The van der Waals surface area contributed by atoms with Crippen LogP contribution in [0.25, 0.3) is 0 Å². The van der Waals surface area contributed by atoms with Crippen LogP contribution in [0, 0.1) is 11.3 Å². The van der Waals surface area contributed by atoms with E-state index in [4.69, 9.17) is 9.31 Å². The van der Waals surface area contributed by atoms with Gasteiger partial charge in [-0.05, 0) is 96.8 Å². The summed E-state index contributed by atoms with van der Waals surface area (Å²) in [4.78, 5) is 15.5. The van der Waals surface area contributed by atoms with Crippen molar-refractivity contribution in [3.63, 3.8) is 0 Å². The van der Waals surface area contributed by atoms with Crippen LogP contribution in [-0.2, 0) is 14.1 Å². The third-order valence-corrected chi connectivity index (χ3v) is 7.91. The molecule has 30 heavy (non-hydrogen) atoms. The minimum atomic E-state index is -0.413. The van der Waals surface area contributed by atoms with Crippen molar-refractivity contribution in [2.45, 2.75) is 104 Å². The number of carbonyl (C=O) groups excluding carboxylic acids is 1. The molecule has 1 saturated carbocycles. The Morgan fingerprint density at radius 3 is 2.27 bits per heavy atom. The molecular formula is C24H39BN2O3. The van der Waals surface area contributed by atoms with E-state index in [0.29, 0.717) is 18.0 Å². The molecule has 1 N–H and O–H groups in total. The SMILES string of the molecule is CC(C)CNC1CC(N2C(=O)C(C)(C)C3=C2C=C(B2OC(C)(C)C(C)(C)O2)CC3)C1. The van der Waals surface area contributed by atoms with Gasteiger partial charge in [0.1, 0.15) is 0 Å². The highest BCUT2D eigenvalue weighted by Crippen LogP contribution is 2.50. The average molecular weight is 414 g/mol. The maximum Gasteiger partial charge on any atom is 0.490 e. The highest BCUT2D eigenvalue weighted by atomic mass is 16.7. The zero-order valence-corrected chi connectivity index (χ0v) is 20.1. The molecule has 0 spiro atoms. The van der Waals surface area contributed by atoms with Crippen LogP contribution in [0.4, 0.5) is 0 Å². The Morgan fingerprint density at radius 2 is 1.70 bits per heavy atom. The molecule has 1 saturated heterocycles. The van der Waals surface area contributed by atoms with E-state index in [9.17, 15) is 4.79 Å². The zero-order valence-electron chi connectivity index (χ0n) is 20.1. The number of carbonyl (C=O) groups is 1. The molecule has 0 unspecified atom stereocenters. The Hall–Kier alpha value is -1.11. The van der Waals surface area contributed by atoms with Crippen molar-refractivity contribution >= 4 is 13.0 Å². The fraction of sp³-hybridized carbons (Fsp3) is 0.792. The maximum absolute atomic E-state index is 13.4. The van der Waals surface area contributed by atoms with Gasteiger partial charge in [0.05, 0.1) is 16.6 Å². The van der Waals surface area contributed by atoms with Crippen molar-refractivity contribution in [3.8, 4) is 0 Å². The number of nitrogens with one attached hydrogen (secondary N) is 1. The third-order valence-electron chi connectivity index (χ3n) is 7.91. The van der Waals surface area contributed by atoms with Crippen LogP contribution < -0.4 is 5.32 Å². The minimum Gasteiger partial charge on any atom is -0.400 e. The molecule has 6 heteroatoms. The summed E-state index contributed by atoms with van der Waals surface area (Å²) in [5.41, 5.74) is 2.46. The van der Waals surface area contributed by atoms with Crippen molar-refractivity contribution in [1.82, 2.24) is 10.2 Å². The first-order valence-corrected chi connectivity index (χ1v) is 11.7. The molecule has 0 radical (unpaired) electrons. The van der Waals surface area contributed by atoms with Gasteiger partial charge in [0.25, 0.3) is 0 Å². The van der Waals surface area contributed by atoms with Crippen LogP contribution >= 0.6 is 0 Å². The first-order valence-electron chi connectivity index (χ1n) is 11.7. The summed E-state index contributed by atoms with van der Waals surface area (Å²) in [7, 11) is -0.327. The van der Waals surface area contributed by atoms with Crippen molar-refractivity contribution in [1.29, 1.82) is 0 Å². The zero-order chi connectivity index (χ0) is 22.1. The van der Waals surface area contributed by atoms with Crippen LogP contribution in [0.1, 0.15) is 81.1 Å². The molecule has 0 aromatic heterocycles. The second-order valence-corrected chi connectivity index (χ2v) is 11.6. The van der Waals surface area contributed by atoms with Crippen LogP contribution in [0.5, 0.6) is 0 Å². The lowest BCUT2D eigenvalue weighted by Gasteiger charge is -2.43. The second-order valence-electron chi connectivity index (χ2n) is 11.6. The fourth-order valence-electron chi connectivity index (χ4n) is 5.03. The normalized spacial score (nSPS) is 31.9. The second kappa shape index (κ2) is 7.21. The van der Waals surface area contributed by atoms with E-state index in [1.54, 1.807) is 0 Å². The summed E-state index contributed by atoms with van der Waals surface area (Å²) >= 11 is 0. The molecule has 4 rings (SSSR count). The lowest BCUT2D eigenvalue weighted by atomic mass is 9.70. The van der Waals surface area contributed by atoms with Gasteiger partial charge in [0.2, 0.25) is 5.91 Å². The predicted octanol–water partition coefficient (Wildman–Crippen LogP) is 4.24. The van der Waals surface area contributed by atoms with E-state index in [2.05, 4.69) is 71.7 Å². The first-order chi connectivity index (χ1) is 13.8. The topological polar surface area (TPSA) is 50.8 Å². The summed E-state index contributed by atoms with van der Waals surface area (Å²) < 4.78 is 12.6. The van der Waals surface area contributed by atoms with Gasteiger partial charge in [-0.3, -0.25) is 4.79 Å². The maximum atomic E-state index is 13.4.